The van der Waals surface area contributed by atoms with Gasteiger partial charge in [0, 0.05) is 0 Å². The van der Waals surface area contributed by atoms with Crippen LogP contribution >= 0.6 is 0 Å². The normalized spacial score (nSPS) is 17.4. The predicted octanol–water partition coefficient (Wildman–Crippen LogP) is 13.1. The van der Waals surface area contributed by atoms with E-state index in [0.717, 1.165) is 0 Å². The molecule has 0 radical (unpaired) electrons. The van der Waals surface area contributed by atoms with E-state index in [1.165, 1.54) is 66.8 Å². The standard InChI is InChI=1S/2C22H25.C2H7Si.Zr/c2*1-14-10-15(2)16(3)20(11-14)19-9-7-8-17-12-18(13-21(17)19)22(4,5)6;1-3-2;/h2*7-13H,1-6H3;3H,1-2H3;. The summed E-state index contributed by atoms with van der Waals surface area (Å²) in [6, 6.07) is 24.1. The monoisotopic (exact) mass is 727 g/mol. The van der Waals surface area contributed by atoms with E-state index in [9.17, 15) is 0 Å². The molecular formula is C46H57SiZr. The first-order valence-corrected chi connectivity index (χ1v) is 28.1. The Kier molecular flexibility index (Phi) is 9.30. The Bertz CT molecular complexity index is 1850. The molecule has 0 nitrogen and oxygen atoms in total. The zero-order chi connectivity index (χ0) is 35.0. The molecule has 2 aliphatic carbocycles. The summed E-state index contributed by atoms with van der Waals surface area (Å²) < 4.78 is 1.18. The molecule has 2 aliphatic rings. The van der Waals surface area contributed by atoms with Gasteiger partial charge in [0.1, 0.15) is 0 Å². The van der Waals surface area contributed by atoms with Crippen LogP contribution in [0.2, 0.25) is 13.1 Å². The van der Waals surface area contributed by atoms with Crippen LogP contribution in [0.5, 0.6) is 0 Å². The maximum absolute atomic E-state index is 2.71. The second-order valence-electron chi connectivity index (χ2n) is 17.3. The summed E-state index contributed by atoms with van der Waals surface area (Å²) in [7, 11) is 0. The van der Waals surface area contributed by atoms with Gasteiger partial charge in [-0.1, -0.05) is 0 Å². The van der Waals surface area contributed by atoms with Crippen molar-refractivity contribution >= 4 is 18.1 Å². The van der Waals surface area contributed by atoms with Crippen LogP contribution in [-0.2, 0) is 20.9 Å². The molecule has 0 fully saturated rings. The van der Waals surface area contributed by atoms with E-state index in [1.54, 1.807) is 22.3 Å². The summed E-state index contributed by atoms with van der Waals surface area (Å²) in [5.74, 6) is -1.05. The Morgan fingerprint density at radius 1 is 0.521 bits per heavy atom. The summed E-state index contributed by atoms with van der Waals surface area (Å²) in [4.78, 5) is 0. The van der Waals surface area contributed by atoms with Crippen molar-refractivity contribution in [3.8, 4) is 22.3 Å². The van der Waals surface area contributed by atoms with Crippen LogP contribution < -0.4 is 0 Å². The van der Waals surface area contributed by atoms with Gasteiger partial charge in [-0.25, -0.2) is 0 Å². The van der Waals surface area contributed by atoms with Gasteiger partial charge in [0.2, 0.25) is 0 Å². The Labute approximate surface area is 301 Å². The molecule has 0 saturated carbocycles. The predicted molar refractivity (Wildman–Crippen MR) is 211 cm³/mol. The summed E-state index contributed by atoms with van der Waals surface area (Å²) in [6.07, 6.45) is 5.35. The summed E-state index contributed by atoms with van der Waals surface area (Å²) >= 11 is -2.34. The molecule has 4 aromatic rings. The van der Waals surface area contributed by atoms with Gasteiger partial charge in [-0.15, -0.1) is 0 Å². The zero-order valence-electron chi connectivity index (χ0n) is 32.2. The number of benzene rings is 4. The van der Waals surface area contributed by atoms with Crippen molar-refractivity contribution in [2.24, 2.45) is 10.8 Å². The van der Waals surface area contributed by atoms with Crippen molar-refractivity contribution in [2.75, 3.05) is 0 Å². The first-order chi connectivity index (χ1) is 22.4. The number of hydrogen-bond acceptors (Lipinski definition) is 0. The summed E-state index contributed by atoms with van der Waals surface area (Å²) in [5, 5.41) is 0. The van der Waals surface area contributed by atoms with Crippen LogP contribution in [0.25, 0.3) is 34.4 Å². The third-order valence-corrected chi connectivity index (χ3v) is 32.8. The number of aryl methyl sites for hydroxylation is 4. The molecule has 0 N–H and O–H groups in total. The van der Waals surface area contributed by atoms with E-state index < -0.39 is 26.8 Å². The third-order valence-electron chi connectivity index (χ3n) is 11.4. The van der Waals surface area contributed by atoms with Crippen LogP contribution in [0.3, 0.4) is 0 Å². The van der Waals surface area contributed by atoms with E-state index in [0.29, 0.717) is 7.25 Å². The van der Waals surface area contributed by atoms with Gasteiger partial charge in [-0.05, 0) is 0 Å². The van der Waals surface area contributed by atoms with Crippen LogP contribution in [0.1, 0.15) is 104 Å². The Morgan fingerprint density at radius 3 is 1.23 bits per heavy atom. The van der Waals surface area contributed by atoms with Crippen molar-refractivity contribution in [2.45, 2.75) is 103 Å². The van der Waals surface area contributed by atoms with Gasteiger partial charge in [0.25, 0.3) is 0 Å². The number of allylic oxidation sites excluding steroid dienone is 2. The van der Waals surface area contributed by atoms with Crippen LogP contribution in [0, 0.1) is 52.4 Å². The Balaban J connectivity index is 1.60. The fraction of sp³-hybridized carbons (Fsp3) is 0.391. The van der Waals surface area contributed by atoms with E-state index in [4.69, 9.17) is 0 Å². The third kappa shape index (κ3) is 6.09. The van der Waals surface area contributed by atoms with E-state index in [2.05, 4.69) is 169 Å². The molecule has 2 heteroatoms. The Morgan fingerprint density at radius 2 is 0.896 bits per heavy atom. The molecule has 6 rings (SSSR count). The first kappa shape index (κ1) is 35.3. The van der Waals surface area contributed by atoms with Gasteiger partial charge in [0.05, 0.1) is 0 Å². The fourth-order valence-electron chi connectivity index (χ4n) is 8.76. The van der Waals surface area contributed by atoms with E-state index in [-0.39, 0.29) is 10.8 Å². The van der Waals surface area contributed by atoms with Crippen molar-refractivity contribution in [3.05, 3.63) is 127 Å². The average molecular weight is 729 g/mol. The van der Waals surface area contributed by atoms with Gasteiger partial charge in [0.15, 0.2) is 0 Å². The quantitative estimate of drug-likeness (QED) is 0.180. The van der Waals surface area contributed by atoms with Crippen LogP contribution in [0.15, 0.2) is 71.8 Å². The second-order valence-corrected chi connectivity index (χ2v) is 37.4. The van der Waals surface area contributed by atoms with Gasteiger partial charge in [-0.2, -0.15) is 0 Å². The molecule has 0 bridgehead atoms. The van der Waals surface area contributed by atoms with Crippen molar-refractivity contribution in [1.29, 1.82) is 0 Å². The van der Waals surface area contributed by atoms with Crippen molar-refractivity contribution in [1.82, 2.24) is 0 Å². The molecule has 4 aromatic carbocycles. The van der Waals surface area contributed by atoms with Crippen LogP contribution in [0.4, 0.5) is 0 Å². The molecule has 0 amide bonds. The second kappa shape index (κ2) is 12.7. The number of rotatable bonds is 5. The first-order valence-electron chi connectivity index (χ1n) is 18.1. The SMILES string of the molecule is Cc1cc(C)c(C)c(-c2cccc3c2C=C(C(C)(C)C)[CH]3[Zr]([CH]2C(C(C)(C)C)=Cc3c(-c4cc(C)cc(C)c4C)cccc32)[SiH](C)C)c1. The topological polar surface area (TPSA) is 0 Å². The minimum atomic E-state index is -2.34. The van der Waals surface area contributed by atoms with Gasteiger partial charge in [-0.3, -0.25) is 0 Å². The van der Waals surface area contributed by atoms with E-state index in [1.807, 2.05) is 0 Å². The molecule has 0 aromatic heterocycles. The van der Waals surface area contributed by atoms with Crippen molar-refractivity contribution in [3.63, 3.8) is 0 Å². The van der Waals surface area contributed by atoms with Gasteiger partial charge < -0.3 is 0 Å². The summed E-state index contributed by atoms with van der Waals surface area (Å²) in [5.41, 5.74) is 23.9. The zero-order valence-corrected chi connectivity index (χ0v) is 35.8. The Hall–Kier alpha value is -2.54. The number of hydrogen-bond donors (Lipinski definition) is 0. The molecule has 0 heterocycles. The molecule has 249 valence electrons. The average Bonchev–Trinajstić information content (AvgIpc) is 3.57. The molecule has 0 aliphatic heterocycles. The van der Waals surface area contributed by atoms with Gasteiger partial charge >= 0.3 is 303 Å². The molecule has 2 atom stereocenters. The van der Waals surface area contributed by atoms with E-state index >= 15 is 0 Å². The molecule has 2 unspecified atom stereocenters. The molecular weight excluding hydrogens is 672 g/mol. The number of fused-ring (bicyclic) bond motifs is 2. The fourth-order valence-corrected chi connectivity index (χ4v) is 32.3. The molecule has 0 spiro atoms. The maximum atomic E-state index is 2.71. The molecule has 0 saturated heterocycles. The van der Waals surface area contributed by atoms with Crippen molar-refractivity contribution < 1.29 is 20.9 Å². The van der Waals surface area contributed by atoms with Crippen LogP contribution in [-0.4, -0.2) is 5.92 Å². The minimum absolute atomic E-state index is 0.110. The summed E-state index contributed by atoms with van der Waals surface area (Å²) in [6.45, 7) is 34.0. The molecule has 48 heavy (non-hydrogen) atoms.